The van der Waals surface area contributed by atoms with Crippen LogP contribution in [0.4, 0.5) is 13.2 Å². The van der Waals surface area contributed by atoms with E-state index in [4.69, 9.17) is 4.74 Å². The average molecular weight is 368 g/mol. The standard InChI is InChI=1S/C23H19F3O/c1-15-2-4-16(5-3-15)17-6-8-18(9-7-17)19-10-11-20-13-22(23(24,25)26)27-14-21(20)12-19/h2-12,22H,13-14H2,1H3. The lowest BCUT2D eigenvalue weighted by Crippen LogP contribution is -2.36. The third-order valence-electron chi connectivity index (χ3n) is 5.02. The van der Waals surface area contributed by atoms with E-state index in [0.717, 1.165) is 27.8 Å². The van der Waals surface area contributed by atoms with E-state index < -0.39 is 12.3 Å². The van der Waals surface area contributed by atoms with Crippen molar-refractivity contribution in [2.45, 2.75) is 32.2 Å². The van der Waals surface area contributed by atoms with Crippen LogP contribution in [0.5, 0.6) is 0 Å². The maximum Gasteiger partial charge on any atom is 0.414 e. The molecule has 3 aromatic rings. The lowest BCUT2D eigenvalue weighted by atomic mass is 9.93. The molecule has 0 amide bonds. The van der Waals surface area contributed by atoms with E-state index >= 15 is 0 Å². The van der Waals surface area contributed by atoms with E-state index in [2.05, 4.69) is 43.3 Å². The Hall–Kier alpha value is -2.59. The number of benzene rings is 3. The summed E-state index contributed by atoms with van der Waals surface area (Å²) >= 11 is 0. The van der Waals surface area contributed by atoms with Crippen LogP contribution in [0, 0.1) is 6.92 Å². The van der Waals surface area contributed by atoms with Crippen LogP contribution in [0.15, 0.2) is 66.7 Å². The van der Waals surface area contributed by atoms with E-state index in [1.54, 1.807) is 6.07 Å². The third kappa shape index (κ3) is 3.76. The highest BCUT2D eigenvalue weighted by molar-refractivity contribution is 5.71. The second-order valence-electron chi connectivity index (χ2n) is 6.97. The van der Waals surface area contributed by atoms with Crippen molar-refractivity contribution in [2.24, 2.45) is 0 Å². The smallest absolute Gasteiger partial charge is 0.364 e. The molecule has 0 spiro atoms. The Labute approximate surface area is 156 Å². The first-order valence-electron chi connectivity index (χ1n) is 8.88. The van der Waals surface area contributed by atoms with Gasteiger partial charge in [0.25, 0.3) is 0 Å². The zero-order valence-electron chi connectivity index (χ0n) is 14.9. The summed E-state index contributed by atoms with van der Waals surface area (Å²) in [6, 6.07) is 22.2. The predicted octanol–water partition coefficient (Wildman–Crippen LogP) is 6.33. The molecule has 1 heterocycles. The highest BCUT2D eigenvalue weighted by Gasteiger charge is 2.42. The van der Waals surface area contributed by atoms with E-state index in [-0.39, 0.29) is 13.0 Å². The van der Waals surface area contributed by atoms with Gasteiger partial charge in [0.2, 0.25) is 0 Å². The minimum atomic E-state index is -4.32. The van der Waals surface area contributed by atoms with Crippen LogP contribution >= 0.6 is 0 Å². The summed E-state index contributed by atoms with van der Waals surface area (Å²) in [5.41, 5.74) is 7.07. The number of fused-ring (bicyclic) bond motifs is 1. The predicted molar refractivity (Wildman–Crippen MR) is 100 cm³/mol. The molecule has 0 saturated carbocycles. The molecule has 0 saturated heterocycles. The van der Waals surface area contributed by atoms with Gasteiger partial charge < -0.3 is 4.74 Å². The van der Waals surface area contributed by atoms with Gasteiger partial charge in [0.05, 0.1) is 6.61 Å². The molecule has 0 aromatic heterocycles. The molecular weight excluding hydrogens is 349 g/mol. The van der Waals surface area contributed by atoms with Gasteiger partial charge in [0.15, 0.2) is 6.10 Å². The van der Waals surface area contributed by atoms with Crippen molar-refractivity contribution >= 4 is 0 Å². The van der Waals surface area contributed by atoms with Crippen LogP contribution in [0.2, 0.25) is 0 Å². The highest BCUT2D eigenvalue weighted by Crippen LogP contribution is 2.34. The number of rotatable bonds is 2. The first-order chi connectivity index (χ1) is 12.9. The Bertz CT molecular complexity index is 941. The molecule has 27 heavy (non-hydrogen) atoms. The van der Waals surface area contributed by atoms with Crippen molar-refractivity contribution in [3.63, 3.8) is 0 Å². The number of halogens is 3. The number of ether oxygens (including phenoxy) is 1. The normalized spacial score (nSPS) is 16.8. The molecule has 1 nitrogen and oxygen atoms in total. The van der Waals surface area contributed by atoms with Gasteiger partial charge >= 0.3 is 6.18 Å². The lowest BCUT2D eigenvalue weighted by Gasteiger charge is -2.27. The van der Waals surface area contributed by atoms with Crippen molar-refractivity contribution in [2.75, 3.05) is 0 Å². The van der Waals surface area contributed by atoms with Gasteiger partial charge in [0, 0.05) is 6.42 Å². The zero-order chi connectivity index (χ0) is 19.0. The van der Waals surface area contributed by atoms with E-state index in [9.17, 15) is 13.2 Å². The van der Waals surface area contributed by atoms with E-state index in [1.807, 2.05) is 24.3 Å². The fraction of sp³-hybridized carbons (Fsp3) is 0.217. The fourth-order valence-electron chi connectivity index (χ4n) is 3.40. The molecule has 0 bridgehead atoms. The highest BCUT2D eigenvalue weighted by atomic mass is 19.4. The third-order valence-corrected chi connectivity index (χ3v) is 5.02. The van der Waals surface area contributed by atoms with Crippen molar-refractivity contribution in [1.29, 1.82) is 0 Å². The molecule has 1 unspecified atom stereocenters. The summed E-state index contributed by atoms with van der Waals surface area (Å²) in [4.78, 5) is 0. The Morgan fingerprint density at radius 1 is 0.741 bits per heavy atom. The second kappa shape index (κ2) is 6.86. The van der Waals surface area contributed by atoms with Gasteiger partial charge in [-0.3, -0.25) is 0 Å². The number of alkyl halides is 3. The summed E-state index contributed by atoms with van der Waals surface area (Å²) in [6.45, 7) is 2.05. The molecule has 1 aliphatic heterocycles. The van der Waals surface area contributed by atoms with Crippen molar-refractivity contribution in [3.8, 4) is 22.3 Å². The van der Waals surface area contributed by atoms with Gasteiger partial charge in [-0.15, -0.1) is 0 Å². The molecule has 4 rings (SSSR count). The van der Waals surface area contributed by atoms with Crippen LogP contribution in [-0.4, -0.2) is 12.3 Å². The minimum Gasteiger partial charge on any atom is -0.364 e. The number of aryl methyl sites for hydroxylation is 1. The summed E-state index contributed by atoms with van der Waals surface area (Å²) in [7, 11) is 0. The maximum absolute atomic E-state index is 12.9. The molecule has 138 valence electrons. The minimum absolute atomic E-state index is 0.00516. The molecule has 0 N–H and O–H groups in total. The zero-order valence-corrected chi connectivity index (χ0v) is 14.9. The monoisotopic (exact) mass is 368 g/mol. The summed E-state index contributed by atoms with van der Waals surface area (Å²) in [5.74, 6) is 0. The van der Waals surface area contributed by atoms with Crippen LogP contribution in [0.1, 0.15) is 16.7 Å². The number of hydrogen-bond acceptors (Lipinski definition) is 1. The van der Waals surface area contributed by atoms with Crippen LogP contribution in [0.25, 0.3) is 22.3 Å². The van der Waals surface area contributed by atoms with Crippen LogP contribution in [0.3, 0.4) is 0 Å². The van der Waals surface area contributed by atoms with E-state index in [1.165, 1.54) is 5.56 Å². The molecule has 0 radical (unpaired) electrons. The molecule has 0 fully saturated rings. The van der Waals surface area contributed by atoms with Gasteiger partial charge in [-0.1, -0.05) is 66.2 Å². The maximum atomic E-state index is 12.9. The largest absolute Gasteiger partial charge is 0.414 e. The molecular formula is C23H19F3O. The summed E-state index contributed by atoms with van der Waals surface area (Å²) in [5, 5.41) is 0. The fourth-order valence-corrected chi connectivity index (χ4v) is 3.40. The molecule has 0 aliphatic carbocycles. The topological polar surface area (TPSA) is 9.23 Å². The number of hydrogen-bond donors (Lipinski definition) is 0. The lowest BCUT2D eigenvalue weighted by molar-refractivity contribution is -0.226. The van der Waals surface area contributed by atoms with Crippen LogP contribution < -0.4 is 0 Å². The Morgan fingerprint density at radius 2 is 1.26 bits per heavy atom. The first-order valence-corrected chi connectivity index (χ1v) is 8.88. The Morgan fingerprint density at radius 3 is 1.85 bits per heavy atom. The van der Waals surface area contributed by atoms with Gasteiger partial charge in [-0.05, 0) is 46.4 Å². The molecule has 3 aromatic carbocycles. The second-order valence-corrected chi connectivity index (χ2v) is 6.97. The van der Waals surface area contributed by atoms with E-state index in [0.29, 0.717) is 5.56 Å². The van der Waals surface area contributed by atoms with Crippen molar-refractivity contribution in [1.82, 2.24) is 0 Å². The van der Waals surface area contributed by atoms with Crippen molar-refractivity contribution < 1.29 is 17.9 Å². The Kier molecular flexibility index (Phi) is 4.52. The van der Waals surface area contributed by atoms with Crippen LogP contribution in [-0.2, 0) is 17.8 Å². The van der Waals surface area contributed by atoms with Gasteiger partial charge in [0.1, 0.15) is 0 Å². The first kappa shape index (κ1) is 17.8. The van der Waals surface area contributed by atoms with Gasteiger partial charge in [-0.2, -0.15) is 13.2 Å². The SMILES string of the molecule is Cc1ccc(-c2ccc(-c3ccc4c(c3)COC(C(F)(F)F)C4)cc2)cc1. The van der Waals surface area contributed by atoms with Gasteiger partial charge in [-0.25, -0.2) is 0 Å². The molecule has 4 heteroatoms. The summed E-state index contributed by atoms with van der Waals surface area (Å²) < 4.78 is 43.6. The van der Waals surface area contributed by atoms with Crippen molar-refractivity contribution in [3.05, 3.63) is 83.4 Å². The summed E-state index contributed by atoms with van der Waals surface area (Å²) in [6.07, 6.45) is -6.14. The molecule has 1 atom stereocenters. The Balaban J connectivity index is 1.57. The average Bonchev–Trinajstić information content (AvgIpc) is 2.67. The molecule has 1 aliphatic rings. The quantitative estimate of drug-likeness (QED) is 0.513.